The quantitative estimate of drug-likeness (QED) is 0.173. The molecule has 4 aromatic carbocycles. The third-order valence-corrected chi connectivity index (χ3v) is 6.19. The fourth-order valence-corrected chi connectivity index (χ4v) is 3.53. The van der Waals surface area contributed by atoms with Gasteiger partial charge >= 0.3 is 0 Å². The van der Waals surface area contributed by atoms with Gasteiger partial charge < -0.3 is 21.7 Å². The number of benzene rings is 4. The average Bonchev–Trinajstić information content (AvgIpc) is 3.12. The summed E-state index contributed by atoms with van der Waals surface area (Å²) < 4.78 is 0. The Kier molecular flexibility index (Phi) is 29.4. The van der Waals surface area contributed by atoms with Crippen LogP contribution in [0.1, 0.15) is 92.4 Å². The summed E-state index contributed by atoms with van der Waals surface area (Å²) in [4.78, 5) is 43.6. The first-order valence-electron chi connectivity index (χ1n) is 15.1. The lowest BCUT2D eigenvalue weighted by Gasteiger charge is -2.09. The van der Waals surface area contributed by atoms with Gasteiger partial charge in [-0.1, -0.05) is 108 Å². The van der Waals surface area contributed by atoms with Gasteiger partial charge in [-0.15, -0.1) is 0 Å². The number of amides is 1. The van der Waals surface area contributed by atoms with E-state index in [9.17, 15) is 19.2 Å². The van der Waals surface area contributed by atoms with Gasteiger partial charge in [0.25, 0.3) is 5.91 Å². The lowest BCUT2D eigenvalue weighted by Crippen LogP contribution is -2.21. The van der Waals surface area contributed by atoms with Gasteiger partial charge in [0.15, 0.2) is 0 Å². The maximum Gasteiger partial charge on any atom is 0.253 e. The highest BCUT2D eigenvalue weighted by Crippen LogP contribution is 2.06. The molecule has 0 atom stereocenters. The monoisotopic (exact) mass is 658 g/mol. The Morgan fingerprint density at radius 2 is 0.917 bits per heavy atom. The molecule has 4 aromatic rings. The molecule has 4 rings (SSSR count). The van der Waals surface area contributed by atoms with Crippen LogP contribution in [0.4, 0.5) is 0 Å². The summed E-state index contributed by atoms with van der Waals surface area (Å²) in [6.07, 6.45) is 4.36. The van der Waals surface area contributed by atoms with E-state index >= 15 is 0 Å². The minimum atomic E-state index is -0.0938. The molecule has 0 aliphatic heterocycles. The van der Waals surface area contributed by atoms with Crippen LogP contribution in [0.2, 0.25) is 0 Å². The molecule has 0 spiro atoms. The predicted molar refractivity (Wildman–Crippen MR) is 203 cm³/mol. The molecule has 0 fully saturated rings. The van der Waals surface area contributed by atoms with E-state index in [1.165, 1.54) is 27.2 Å². The topological polar surface area (TPSA) is 136 Å². The Labute approximate surface area is 289 Å². The number of nitrogens with one attached hydrogen (secondary N) is 1. The largest absolute Gasteiger partial charge is 0.345 e. The molecular weight excluding hydrogens is 600 g/mol. The Morgan fingerprint density at radius 1 is 0.604 bits per heavy atom. The molecule has 0 aliphatic carbocycles. The van der Waals surface area contributed by atoms with Crippen LogP contribution in [0.3, 0.4) is 0 Å². The molecule has 0 unspecified atom stereocenters. The zero-order valence-electron chi connectivity index (χ0n) is 28.0. The van der Waals surface area contributed by atoms with Crippen molar-refractivity contribution in [2.24, 2.45) is 11.5 Å². The Morgan fingerprint density at radius 3 is 1.21 bits per heavy atom. The summed E-state index contributed by atoms with van der Waals surface area (Å²) in [5.74, 6) is -0.0938. The standard InChI is InChI=1S/C10H11NO2.2C9H13N.C8H6O2.C2H7N.2CH4/c1-11(2)10(13)9-5-3-4-8(6-9)7-12;2*1-2-8-3-5-9(7-10)6-4-8;9-5-7-2-1-3-8(4-7)6-10;1-3-2;;/h3-7H,1-2H3;2*3-6H,2,7,10H2,1H3;1-6H;3H,1-2H3;2*1H4. The van der Waals surface area contributed by atoms with Crippen molar-refractivity contribution in [1.29, 1.82) is 0 Å². The first-order valence-corrected chi connectivity index (χ1v) is 15.1. The van der Waals surface area contributed by atoms with Crippen LogP contribution < -0.4 is 16.8 Å². The van der Waals surface area contributed by atoms with Crippen molar-refractivity contribution in [1.82, 2.24) is 10.2 Å². The maximum atomic E-state index is 11.4. The molecule has 48 heavy (non-hydrogen) atoms. The fraction of sp³-hybridized carbons (Fsp3) is 0.300. The highest BCUT2D eigenvalue weighted by Gasteiger charge is 2.07. The van der Waals surface area contributed by atoms with Crippen LogP contribution in [-0.2, 0) is 25.9 Å². The summed E-state index contributed by atoms with van der Waals surface area (Å²) >= 11 is 0. The van der Waals surface area contributed by atoms with E-state index in [4.69, 9.17) is 11.5 Å². The van der Waals surface area contributed by atoms with E-state index in [2.05, 4.69) is 67.7 Å². The summed E-state index contributed by atoms with van der Waals surface area (Å²) in [5.41, 5.74) is 18.2. The molecule has 1 amide bonds. The lowest BCUT2D eigenvalue weighted by molar-refractivity contribution is 0.0827. The zero-order chi connectivity index (χ0) is 34.7. The summed E-state index contributed by atoms with van der Waals surface area (Å²) in [6, 6.07) is 30.0. The van der Waals surface area contributed by atoms with E-state index in [0.717, 1.165) is 19.1 Å². The lowest BCUT2D eigenvalue weighted by atomic mass is 10.1. The second-order valence-corrected chi connectivity index (χ2v) is 10.1. The first kappa shape index (κ1) is 47.6. The summed E-state index contributed by atoms with van der Waals surface area (Å²) in [7, 11) is 7.10. The summed E-state index contributed by atoms with van der Waals surface area (Å²) in [5, 5.41) is 2.75. The molecule has 0 bridgehead atoms. The highest BCUT2D eigenvalue weighted by molar-refractivity contribution is 5.95. The fourth-order valence-electron chi connectivity index (χ4n) is 3.53. The van der Waals surface area contributed by atoms with Gasteiger partial charge in [0.1, 0.15) is 18.9 Å². The Bertz CT molecular complexity index is 1300. The van der Waals surface area contributed by atoms with E-state index in [0.29, 0.717) is 47.9 Å². The number of aryl methyl sites for hydroxylation is 2. The Balaban J connectivity index is -0.000000542. The van der Waals surface area contributed by atoms with E-state index in [-0.39, 0.29) is 20.8 Å². The number of nitrogens with zero attached hydrogens (tertiary/aromatic N) is 1. The molecule has 5 N–H and O–H groups in total. The molecular formula is C40H58N4O4. The van der Waals surface area contributed by atoms with E-state index < -0.39 is 0 Å². The van der Waals surface area contributed by atoms with Crippen molar-refractivity contribution < 1.29 is 19.2 Å². The van der Waals surface area contributed by atoms with Gasteiger partial charge in [-0.25, -0.2) is 0 Å². The molecule has 0 saturated carbocycles. The van der Waals surface area contributed by atoms with Crippen LogP contribution in [0.5, 0.6) is 0 Å². The number of aldehydes is 3. The zero-order valence-corrected chi connectivity index (χ0v) is 28.0. The molecule has 0 heterocycles. The predicted octanol–water partition coefficient (Wildman–Crippen LogP) is 7.04. The van der Waals surface area contributed by atoms with Gasteiger partial charge in [-0.05, 0) is 67.4 Å². The molecule has 8 heteroatoms. The number of carbonyl (C=O) groups is 4. The number of carbonyl (C=O) groups excluding carboxylic acids is 4. The van der Waals surface area contributed by atoms with Crippen molar-refractivity contribution >= 4 is 24.8 Å². The number of rotatable bonds is 8. The Hall–Kier alpha value is -4.76. The average molecular weight is 659 g/mol. The van der Waals surface area contributed by atoms with Gasteiger partial charge in [-0.3, -0.25) is 19.2 Å². The maximum absolute atomic E-state index is 11.4. The van der Waals surface area contributed by atoms with Crippen molar-refractivity contribution in [3.63, 3.8) is 0 Å². The molecule has 262 valence electrons. The van der Waals surface area contributed by atoms with Gasteiger partial charge in [0, 0.05) is 49.4 Å². The third-order valence-electron chi connectivity index (χ3n) is 6.19. The normalized spacial score (nSPS) is 8.83. The van der Waals surface area contributed by atoms with Crippen LogP contribution in [0, 0.1) is 0 Å². The van der Waals surface area contributed by atoms with E-state index in [1.54, 1.807) is 62.6 Å². The smallest absolute Gasteiger partial charge is 0.253 e. The van der Waals surface area contributed by atoms with Gasteiger partial charge in [0.2, 0.25) is 0 Å². The van der Waals surface area contributed by atoms with Crippen LogP contribution in [0.25, 0.3) is 0 Å². The molecule has 0 aromatic heterocycles. The second kappa shape index (κ2) is 29.6. The van der Waals surface area contributed by atoms with Crippen LogP contribution in [0.15, 0.2) is 97.1 Å². The SMILES string of the molecule is C.C.CCc1ccc(CN)cc1.CCc1ccc(CN)cc1.CN(C)C(=O)c1cccc(C=O)c1.CNC.O=Cc1cccc(C=O)c1. The molecule has 0 saturated heterocycles. The second-order valence-electron chi connectivity index (χ2n) is 10.1. The highest BCUT2D eigenvalue weighted by atomic mass is 16.2. The first-order chi connectivity index (χ1) is 22.2. The van der Waals surface area contributed by atoms with Crippen molar-refractivity contribution in [2.45, 2.75) is 54.6 Å². The molecule has 0 radical (unpaired) electrons. The van der Waals surface area contributed by atoms with Crippen LogP contribution >= 0.6 is 0 Å². The third kappa shape index (κ3) is 20.4. The van der Waals surface area contributed by atoms with Crippen LogP contribution in [-0.4, -0.2) is 57.9 Å². The number of hydrogen-bond acceptors (Lipinski definition) is 7. The van der Waals surface area contributed by atoms with Crippen molar-refractivity contribution in [3.8, 4) is 0 Å². The minimum absolute atomic E-state index is 0. The van der Waals surface area contributed by atoms with Gasteiger partial charge in [0.05, 0.1) is 0 Å². The van der Waals surface area contributed by atoms with Gasteiger partial charge in [-0.2, -0.15) is 0 Å². The van der Waals surface area contributed by atoms with Crippen molar-refractivity contribution in [3.05, 3.63) is 142 Å². The molecule has 0 aliphatic rings. The van der Waals surface area contributed by atoms with Crippen molar-refractivity contribution in [2.75, 3.05) is 28.2 Å². The number of hydrogen-bond donors (Lipinski definition) is 3. The minimum Gasteiger partial charge on any atom is -0.345 e. The van der Waals surface area contributed by atoms with E-state index in [1.807, 2.05) is 14.1 Å². The summed E-state index contributed by atoms with van der Waals surface area (Å²) in [6.45, 7) is 5.59. The molecule has 8 nitrogen and oxygen atoms in total. The number of nitrogens with two attached hydrogens (primary N) is 2.